The van der Waals surface area contributed by atoms with Crippen molar-refractivity contribution in [2.45, 2.75) is 37.8 Å². The summed E-state index contributed by atoms with van der Waals surface area (Å²) in [7, 11) is 0. The van der Waals surface area contributed by atoms with E-state index in [4.69, 9.17) is 45.3 Å². The summed E-state index contributed by atoms with van der Waals surface area (Å²) in [5, 5.41) is 13.4. The van der Waals surface area contributed by atoms with E-state index in [1.54, 1.807) is 50.2 Å². The number of aliphatic hydroxyl groups excluding tert-OH is 1. The van der Waals surface area contributed by atoms with Crippen LogP contribution in [0.5, 0.6) is 5.75 Å². The van der Waals surface area contributed by atoms with Crippen molar-refractivity contribution in [2.24, 2.45) is 5.73 Å². The Balaban J connectivity index is 0.000000171. The summed E-state index contributed by atoms with van der Waals surface area (Å²) in [5.74, 6) is -1.82. The monoisotopic (exact) mass is 937 g/mol. The molecule has 10 nitrogen and oxygen atoms in total. The number of aliphatic hydroxyl groups is 1. The lowest BCUT2D eigenvalue weighted by Crippen LogP contribution is -2.16. The molecule has 3 aromatic heterocycles. The van der Waals surface area contributed by atoms with Crippen molar-refractivity contribution < 1.29 is 23.4 Å². The lowest BCUT2D eigenvalue weighted by molar-refractivity contribution is 0.0990. The second-order valence-electron chi connectivity index (χ2n) is 11.5. The fourth-order valence-corrected chi connectivity index (χ4v) is 7.03. The second kappa shape index (κ2) is 19.9. The lowest BCUT2D eigenvalue weighted by Gasteiger charge is -2.13. The molecule has 0 fully saturated rings. The number of hydrogen-bond donors (Lipinski definition) is 2. The van der Waals surface area contributed by atoms with Crippen LogP contribution in [0.15, 0.2) is 84.9 Å². The smallest absolute Gasteiger partial charge is 0.254 e. The summed E-state index contributed by atoms with van der Waals surface area (Å²) in [6, 6.07) is 23.8. The van der Waals surface area contributed by atoms with Crippen molar-refractivity contribution in [3.63, 3.8) is 0 Å². The van der Waals surface area contributed by atoms with E-state index < -0.39 is 35.3 Å². The number of carbonyl (C=O) groups excluding carboxylic acids is 1. The summed E-state index contributed by atoms with van der Waals surface area (Å²) in [6.45, 7) is 5.34. The molecule has 0 aliphatic rings. The Labute approximate surface area is 356 Å². The van der Waals surface area contributed by atoms with Gasteiger partial charge in [0.05, 0.1) is 4.83 Å². The fourth-order valence-electron chi connectivity index (χ4n) is 4.44. The lowest BCUT2D eigenvalue weighted by atomic mass is 10.1. The molecule has 3 unspecified atom stereocenters. The summed E-state index contributed by atoms with van der Waals surface area (Å²) >= 11 is 24.6. The first-order valence-corrected chi connectivity index (χ1v) is 20.6. The number of aromatic nitrogens is 6. The maximum atomic E-state index is 14.3. The van der Waals surface area contributed by atoms with E-state index >= 15 is 0 Å². The zero-order valence-electron chi connectivity index (χ0n) is 29.3. The maximum absolute atomic E-state index is 14.3. The van der Waals surface area contributed by atoms with E-state index in [0.717, 1.165) is 56.2 Å². The Kier molecular flexibility index (Phi) is 15.3. The van der Waals surface area contributed by atoms with Crippen LogP contribution in [0.1, 0.15) is 63.2 Å². The molecule has 19 heteroatoms. The number of alkyl halides is 1. The number of amides is 1. The minimum absolute atomic E-state index is 0.246. The van der Waals surface area contributed by atoms with E-state index in [9.17, 15) is 18.7 Å². The largest absolute Gasteiger partial charge is 0.480 e. The molecule has 1 amide bonds. The van der Waals surface area contributed by atoms with Crippen LogP contribution in [0, 0.1) is 11.6 Å². The molecule has 290 valence electrons. The molecule has 0 saturated carbocycles. The third-order valence-corrected chi connectivity index (χ3v) is 11.4. The quantitative estimate of drug-likeness (QED) is 0.135. The minimum atomic E-state index is -1.21. The van der Waals surface area contributed by atoms with E-state index in [0.29, 0.717) is 31.7 Å². The third-order valence-electron chi connectivity index (χ3n) is 7.28. The number of rotatable bonds is 9. The number of carbonyl (C=O) groups is 1. The molecule has 0 aliphatic heterocycles. The summed E-state index contributed by atoms with van der Waals surface area (Å²) in [4.78, 5) is 24.5. The van der Waals surface area contributed by atoms with Crippen LogP contribution in [-0.4, -0.2) is 39.1 Å². The SMILES string of the molecule is CC(Br)c1nc(-c2ccc(Cl)cc2)ns1.CC(O)c1nc(-c2ccc(Cl)cc2)ns1.CC(Oc1ccc(F)c(C(N)=O)c1F)c1nc(-c2ccc(Cl)cc2)ns1. The van der Waals surface area contributed by atoms with Crippen molar-refractivity contribution >= 4 is 91.2 Å². The highest BCUT2D eigenvalue weighted by atomic mass is 79.9. The van der Waals surface area contributed by atoms with E-state index in [1.165, 1.54) is 23.1 Å². The van der Waals surface area contributed by atoms with E-state index in [-0.39, 0.29) is 10.6 Å². The number of ether oxygens (including phenoxy) is 1. The molecule has 0 radical (unpaired) electrons. The predicted molar refractivity (Wildman–Crippen MR) is 223 cm³/mol. The van der Waals surface area contributed by atoms with Crippen LogP contribution in [-0.2, 0) is 0 Å². The number of primary amides is 1. The van der Waals surface area contributed by atoms with Gasteiger partial charge in [-0.3, -0.25) is 4.79 Å². The minimum Gasteiger partial charge on any atom is -0.480 e. The van der Waals surface area contributed by atoms with Crippen LogP contribution >= 0.6 is 85.3 Å². The molecular weight excluding hydrogens is 911 g/mol. The Morgan fingerprint density at radius 1 is 0.679 bits per heavy atom. The fraction of sp³-hybridized carbons (Fsp3) is 0.162. The molecule has 3 atom stereocenters. The number of benzene rings is 4. The van der Waals surface area contributed by atoms with Gasteiger partial charge in [-0.05, 0) is 140 Å². The third kappa shape index (κ3) is 11.5. The van der Waals surface area contributed by atoms with Gasteiger partial charge < -0.3 is 15.6 Å². The standard InChI is InChI=1S/C17H12ClF2N3O2S.C10H8BrClN2S.C10H9ClN2OS/c1-8(25-12-7-6-11(19)13(14(12)20)15(21)24)17-22-16(23-26-17)9-2-4-10(18)5-3-9;1-6(11)10-13-9(14-15-10)7-2-4-8(12)5-3-7;1-6(14)10-12-9(13-15-10)7-2-4-8(11)5-3-7/h2-8H,1H3,(H2,21,24);2-6H,1H3;2-6,14H,1H3. The van der Waals surface area contributed by atoms with Crippen LogP contribution < -0.4 is 10.5 Å². The second-order valence-corrected chi connectivity index (χ2v) is 16.6. The highest BCUT2D eigenvalue weighted by molar-refractivity contribution is 9.09. The van der Waals surface area contributed by atoms with Gasteiger partial charge in [-0.1, -0.05) is 50.7 Å². The first-order valence-electron chi connectivity index (χ1n) is 16.2. The van der Waals surface area contributed by atoms with Crippen LogP contribution in [0.4, 0.5) is 8.78 Å². The Morgan fingerprint density at radius 3 is 1.45 bits per heavy atom. The highest BCUT2D eigenvalue weighted by Gasteiger charge is 2.22. The van der Waals surface area contributed by atoms with Gasteiger partial charge in [0.1, 0.15) is 33.6 Å². The molecule has 0 bridgehead atoms. The van der Waals surface area contributed by atoms with Crippen molar-refractivity contribution in [3.05, 3.63) is 132 Å². The zero-order chi connectivity index (χ0) is 40.5. The normalized spacial score (nSPS) is 12.4. The molecule has 0 spiro atoms. The number of halogens is 6. The summed E-state index contributed by atoms with van der Waals surface area (Å²) in [5.41, 5.74) is 6.83. The Morgan fingerprint density at radius 2 is 1.07 bits per heavy atom. The van der Waals surface area contributed by atoms with Gasteiger partial charge >= 0.3 is 0 Å². The summed E-state index contributed by atoms with van der Waals surface area (Å²) in [6.07, 6.45) is -1.24. The predicted octanol–water partition coefficient (Wildman–Crippen LogP) is 11.6. The number of nitrogens with zero attached hydrogens (tertiary/aromatic N) is 6. The first kappa shape index (κ1) is 43.1. The molecule has 4 aromatic carbocycles. The van der Waals surface area contributed by atoms with Gasteiger partial charge in [0.15, 0.2) is 34.0 Å². The Hall–Kier alpha value is -4.00. The van der Waals surface area contributed by atoms with Gasteiger partial charge in [0.2, 0.25) is 0 Å². The van der Waals surface area contributed by atoms with Gasteiger partial charge in [0.25, 0.3) is 5.91 Å². The van der Waals surface area contributed by atoms with Crippen molar-refractivity contribution in [3.8, 4) is 39.9 Å². The molecule has 0 saturated heterocycles. The van der Waals surface area contributed by atoms with E-state index in [1.807, 2.05) is 43.3 Å². The molecular formula is C37H29BrCl3F2N7O3S3. The summed E-state index contributed by atoms with van der Waals surface area (Å²) < 4.78 is 46.0. The van der Waals surface area contributed by atoms with Crippen molar-refractivity contribution in [1.29, 1.82) is 0 Å². The molecule has 7 aromatic rings. The zero-order valence-corrected chi connectivity index (χ0v) is 35.6. The van der Waals surface area contributed by atoms with Gasteiger partial charge in [-0.15, -0.1) is 0 Å². The average Bonchev–Trinajstić information content (AvgIpc) is 3.97. The topological polar surface area (TPSA) is 150 Å². The first-order chi connectivity index (χ1) is 26.7. The number of hydrogen-bond acceptors (Lipinski definition) is 12. The van der Waals surface area contributed by atoms with Crippen LogP contribution in [0.25, 0.3) is 34.2 Å². The molecule has 3 N–H and O–H groups in total. The van der Waals surface area contributed by atoms with Gasteiger partial charge in [0, 0.05) is 31.8 Å². The van der Waals surface area contributed by atoms with Gasteiger partial charge in [-0.25, -0.2) is 23.7 Å². The molecule has 3 heterocycles. The van der Waals surface area contributed by atoms with E-state index in [2.05, 4.69) is 44.0 Å². The Bertz CT molecular complexity index is 2290. The molecule has 0 aliphatic carbocycles. The van der Waals surface area contributed by atoms with Crippen molar-refractivity contribution in [1.82, 2.24) is 28.1 Å². The van der Waals surface area contributed by atoms with Crippen molar-refractivity contribution in [2.75, 3.05) is 0 Å². The average molecular weight is 940 g/mol. The number of nitrogens with two attached hydrogens (primary N) is 1. The maximum Gasteiger partial charge on any atom is 0.254 e. The highest BCUT2D eigenvalue weighted by Crippen LogP contribution is 2.31. The van der Waals surface area contributed by atoms with Crippen LogP contribution in [0.2, 0.25) is 15.1 Å². The molecule has 7 rings (SSSR count). The molecule has 56 heavy (non-hydrogen) atoms. The van der Waals surface area contributed by atoms with Gasteiger partial charge in [-0.2, -0.15) is 13.1 Å². The van der Waals surface area contributed by atoms with Crippen LogP contribution in [0.3, 0.4) is 0 Å².